The minimum atomic E-state index is 1.21. The Balaban J connectivity index is 2.40. The van der Waals surface area contributed by atoms with Crippen LogP contribution in [0.4, 0.5) is 0 Å². The van der Waals surface area contributed by atoms with Crippen molar-refractivity contribution in [3.63, 3.8) is 0 Å². The average Bonchev–Trinajstić information content (AvgIpc) is 1.41. The van der Waals surface area contributed by atoms with Gasteiger partial charge < -0.3 is 0 Å². The quantitative estimate of drug-likeness (QED) is 0.545. The predicted octanol–water partition coefficient (Wildman–Crippen LogP) is 1.15. The molecule has 0 spiro atoms. The SMILES string of the molecule is C=CC[CH2][In]. The van der Waals surface area contributed by atoms with Gasteiger partial charge in [0.1, 0.15) is 0 Å². The first-order valence-electron chi connectivity index (χ1n) is 1.72. The molecule has 0 aromatic heterocycles. The fourth-order valence-electron chi connectivity index (χ4n) is 0.118. The van der Waals surface area contributed by atoms with Crippen LogP contribution in [0.5, 0.6) is 0 Å². The molecule has 0 aliphatic heterocycles. The second-order valence-corrected chi connectivity index (χ2v) is 2.51. The summed E-state index contributed by atoms with van der Waals surface area (Å²) in [5, 5.41) is 0. The van der Waals surface area contributed by atoms with Gasteiger partial charge >= 0.3 is 47.6 Å². The van der Waals surface area contributed by atoms with Crippen LogP contribution in [-0.4, -0.2) is 24.4 Å². The maximum absolute atomic E-state index is 3.57. The van der Waals surface area contributed by atoms with E-state index in [1.165, 1.54) is 35.0 Å². The molecule has 26 valence electrons. The molecule has 0 aliphatic rings. The van der Waals surface area contributed by atoms with Crippen LogP contribution >= 0.6 is 0 Å². The summed E-state index contributed by atoms with van der Waals surface area (Å²) in [6, 6.07) is 0. The van der Waals surface area contributed by atoms with Crippen molar-refractivity contribution in [1.29, 1.82) is 0 Å². The van der Waals surface area contributed by atoms with E-state index in [0.29, 0.717) is 0 Å². The second-order valence-electron chi connectivity index (χ2n) is 0.866. The fraction of sp³-hybridized carbons (Fsp3) is 0.500. The molecule has 0 unspecified atom stereocenters. The summed E-state index contributed by atoms with van der Waals surface area (Å²) >= 11 is 1.38. The van der Waals surface area contributed by atoms with Crippen molar-refractivity contribution in [3.8, 4) is 0 Å². The zero-order valence-corrected chi connectivity index (χ0v) is 6.57. The first-order chi connectivity index (χ1) is 2.41. The van der Waals surface area contributed by atoms with Crippen LogP contribution in [0.3, 0.4) is 0 Å². The third-order valence-electron chi connectivity index (χ3n) is 0.371. The van der Waals surface area contributed by atoms with Gasteiger partial charge in [0, 0.05) is 0 Å². The molecule has 0 N–H and O–H groups in total. The predicted molar refractivity (Wildman–Crippen MR) is 25.4 cm³/mol. The van der Waals surface area contributed by atoms with E-state index in [2.05, 4.69) is 6.58 Å². The molecule has 0 amide bonds. The molecule has 2 radical (unpaired) electrons. The summed E-state index contributed by atoms with van der Waals surface area (Å²) in [5.41, 5.74) is 0. The van der Waals surface area contributed by atoms with Crippen LogP contribution in [0, 0.1) is 0 Å². The van der Waals surface area contributed by atoms with E-state index in [0.717, 1.165) is 0 Å². The molecule has 0 heterocycles. The summed E-state index contributed by atoms with van der Waals surface area (Å²) in [4.78, 5) is 0. The van der Waals surface area contributed by atoms with E-state index in [1.54, 1.807) is 0 Å². The van der Waals surface area contributed by atoms with Crippen molar-refractivity contribution in [2.24, 2.45) is 0 Å². The molecule has 0 atom stereocenters. The second kappa shape index (κ2) is 4.61. The Kier molecular flexibility index (Phi) is 5.17. The van der Waals surface area contributed by atoms with Gasteiger partial charge in [-0.15, -0.1) is 0 Å². The minimum absolute atomic E-state index is 1.21. The molecule has 0 aromatic rings. The average molecular weight is 170 g/mol. The van der Waals surface area contributed by atoms with Gasteiger partial charge in [-0.2, -0.15) is 0 Å². The molecule has 0 aromatic carbocycles. The zero-order valence-electron chi connectivity index (χ0n) is 3.28. The van der Waals surface area contributed by atoms with Gasteiger partial charge in [-0.3, -0.25) is 0 Å². The van der Waals surface area contributed by atoms with Gasteiger partial charge in [-0.25, -0.2) is 0 Å². The topological polar surface area (TPSA) is 0 Å². The normalized spacial score (nSPS) is 7.20. The number of rotatable bonds is 2. The van der Waals surface area contributed by atoms with E-state index in [1.807, 2.05) is 6.08 Å². The summed E-state index contributed by atoms with van der Waals surface area (Å²) in [7, 11) is 0. The van der Waals surface area contributed by atoms with Crippen LogP contribution in [0.1, 0.15) is 6.42 Å². The molecule has 0 aliphatic carbocycles. The summed E-state index contributed by atoms with van der Waals surface area (Å²) in [6.07, 6.45) is 3.17. The van der Waals surface area contributed by atoms with Crippen molar-refractivity contribution in [2.75, 3.05) is 0 Å². The Bertz CT molecular complexity index is 24.8. The van der Waals surface area contributed by atoms with Crippen LogP contribution in [-0.2, 0) is 0 Å². The van der Waals surface area contributed by atoms with Crippen LogP contribution in [0.2, 0.25) is 4.18 Å². The van der Waals surface area contributed by atoms with Crippen molar-refractivity contribution in [2.45, 2.75) is 10.6 Å². The van der Waals surface area contributed by atoms with Crippen molar-refractivity contribution < 1.29 is 0 Å². The molecule has 5 heavy (non-hydrogen) atoms. The Hall–Kier alpha value is 0.610. The van der Waals surface area contributed by atoms with Gasteiger partial charge in [-0.05, 0) is 0 Å². The third-order valence-corrected chi connectivity index (χ3v) is 1.32. The fourth-order valence-corrected chi connectivity index (χ4v) is 0.791. The maximum atomic E-state index is 3.57. The Labute approximate surface area is 47.8 Å². The number of hydrogen-bond acceptors (Lipinski definition) is 0. The van der Waals surface area contributed by atoms with Crippen molar-refractivity contribution in [3.05, 3.63) is 12.7 Å². The monoisotopic (exact) mass is 170 g/mol. The molecule has 0 saturated carbocycles. The van der Waals surface area contributed by atoms with Gasteiger partial charge in [0.25, 0.3) is 0 Å². The zero-order chi connectivity index (χ0) is 4.12. The first kappa shape index (κ1) is 5.61. The number of allylic oxidation sites excluding steroid dienone is 1. The summed E-state index contributed by atoms with van der Waals surface area (Å²) in [5.74, 6) is 0. The standard InChI is InChI=1S/C4H7.In/c1-3-4-2;/h3H,1-2,4H2;. The first-order valence-corrected chi connectivity index (χ1v) is 4.06. The molecule has 0 rings (SSSR count). The third kappa shape index (κ3) is 4.61. The van der Waals surface area contributed by atoms with Gasteiger partial charge in [-0.1, -0.05) is 0 Å². The molecular formula is C4H7In. The van der Waals surface area contributed by atoms with Gasteiger partial charge in [0.05, 0.1) is 0 Å². The molecule has 0 fully saturated rings. The summed E-state index contributed by atoms with van der Waals surface area (Å²) in [6.45, 7) is 3.57. The van der Waals surface area contributed by atoms with Crippen molar-refractivity contribution in [1.82, 2.24) is 0 Å². The van der Waals surface area contributed by atoms with E-state index < -0.39 is 0 Å². The van der Waals surface area contributed by atoms with Crippen LogP contribution in [0.15, 0.2) is 12.7 Å². The van der Waals surface area contributed by atoms with Gasteiger partial charge in [0.15, 0.2) is 0 Å². The van der Waals surface area contributed by atoms with E-state index in [4.69, 9.17) is 0 Å². The molecule has 0 bridgehead atoms. The van der Waals surface area contributed by atoms with Gasteiger partial charge in [0.2, 0.25) is 0 Å². The summed E-state index contributed by atoms with van der Waals surface area (Å²) < 4.78 is 1.36. The van der Waals surface area contributed by atoms with E-state index >= 15 is 0 Å². The Morgan fingerprint density at radius 2 is 2.40 bits per heavy atom. The van der Waals surface area contributed by atoms with Crippen LogP contribution in [0.25, 0.3) is 0 Å². The molecule has 0 saturated heterocycles. The van der Waals surface area contributed by atoms with E-state index in [-0.39, 0.29) is 0 Å². The van der Waals surface area contributed by atoms with E-state index in [9.17, 15) is 0 Å². The Morgan fingerprint density at radius 3 is 2.40 bits per heavy atom. The number of hydrogen-bond donors (Lipinski definition) is 0. The molecule has 0 nitrogen and oxygen atoms in total. The van der Waals surface area contributed by atoms with Crippen LogP contribution < -0.4 is 0 Å². The van der Waals surface area contributed by atoms with Crippen molar-refractivity contribution >= 4 is 24.4 Å². The molecular weight excluding hydrogens is 163 g/mol. The molecule has 1 heteroatoms. The Morgan fingerprint density at radius 1 is 1.80 bits per heavy atom.